The zero-order valence-corrected chi connectivity index (χ0v) is 10.5. The van der Waals surface area contributed by atoms with Gasteiger partial charge in [0.05, 0.1) is 0 Å². The van der Waals surface area contributed by atoms with Gasteiger partial charge in [-0.2, -0.15) is 0 Å². The van der Waals surface area contributed by atoms with E-state index in [9.17, 15) is 9.59 Å². The molecule has 2 heteroatoms. The SMILES string of the molecule is O=C1CC(C(=O)c2ccccc2)Cc2ccccc21. The average molecular weight is 250 g/mol. The lowest BCUT2D eigenvalue weighted by molar-refractivity contribution is 0.0838. The largest absolute Gasteiger partial charge is 0.294 e. The van der Waals surface area contributed by atoms with Crippen LogP contribution in [0.1, 0.15) is 32.7 Å². The van der Waals surface area contributed by atoms with Crippen molar-refractivity contribution in [3.63, 3.8) is 0 Å². The second-order valence-corrected chi connectivity index (χ2v) is 4.92. The van der Waals surface area contributed by atoms with E-state index in [1.54, 1.807) is 0 Å². The summed E-state index contributed by atoms with van der Waals surface area (Å²) in [5.74, 6) is -0.0654. The first-order valence-electron chi connectivity index (χ1n) is 6.46. The highest BCUT2D eigenvalue weighted by molar-refractivity contribution is 6.05. The summed E-state index contributed by atoms with van der Waals surface area (Å²) < 4.78 is 0. The smallest absolute Gasteiger partial charge is 0.166 e. The molecule has 0 saturated carbocycles. The summed E-state index contributed by atoms with van der Waals surface area (Å²) in [6, 6.07) is 16.8. The highest BCUT2D eigenvalue weighted by Crippen LogP contribution is 2.27. The van der Waals surface area contributed by atoms with Crippen LogP contribution in [0.3, 0.4) is 0 Å². The summed E-state index contributed by atoms with van der Waals surface area (Å²) in [6.45, 7) is 0. The van der Waals surface area contributed by atoms with E-state index in [-0.39, 0.29) is 17.5 Å². The van der Waals surface area contributed by atoms with Crippen molar-refractivity contribution >= 4 is 11.6 Å². The predicted octanol–water partition coefficient (Wildman–Crippen LogP) is 3.31. The average Bonchev–Trinajstić information content (AvgIpc) is 2.47. The Morgan fingerprint density at radius 3 is 2.37 bits per heavy atom. The van der Waals surface area contributed by atoms with E-state index in [2.05, 4.69) is 0 Å². The molecule has 0 radical (unpaired) electrons. The molecule has 2 aromatic carbocycles. The van der Waals surface area contributed by atoms with Crippen LogP contribution < -0.4 is 0 Å². The number of fused-ring (bicyclic) bond motifs is 1. The van der Waals surface area contributed by atoms with Gasteiger partial charge in [0.25, 0.3) is 0 Å². The Kier molecular flexibility index (Phi) is 3.00. The maximum absolute atomic E-state index is 12.4. The van der Waals surface area contributed by atoms with Crippen molar-refractivity contribution in [1.82, 2.24) is 0 Å². The maximum Gasteiger partial charge on any atom is 0.166 e. The summed E-state index contributed by atoms with van der Waals surface area (Å²) in [5.41, 5.74) is 2.47. The maximum atomic E-state index is 12.4. The van der Waals surface area contributed by atoms with E-state index in [0.29, 0.717) is 18.4 Å². The second-order valence-electron chi connectivity index (χ2n) is 4.92. The first-order valence-corrected chi connectivity index (χ1v) is 6.46. The predicted molar refractivity (Wildman–Crippen MR) is 73.4 cm³/mol. The zero-order chi connectivity index (χ0) is 13.2. The van der Waals surface area contributed by atoms with E-state index >= 15 is 0 Å². The molecule has 1 atom stereocenters. The summed E-state index contributed by atoms with van der Waals surface area (Å²) in [6.07, 6.45) is 0.986. The summed E-state index contributed by atoms with van der Waals surface area (Å²) >= 11 is 0. The molecule has 0 N–H and O–H groups in total. The van der Waals surface area contributed by atoms with Crippen LogP contribution in [-0.2, 0) is 6.42 Å². The molecule has 0 amide bonds. The molecule has 1 unspecified atom stereocenters. The van der Waals surface area contributed by atoms with Gasteiger partial charge < -0.3 is 0 Å². The van der Waals surface area contributed by atoms with E-state index < -0.39 is 0 Å². The first-order chi connectivity index (χ1) is 9.25. The van der Waals surface area contributed by atoms with Gasteiger partial charge in [-0.15, -0.1) is 0 Å². The number of rotatable bonds is 2. The highest BCUT2D eigenvalue weighted by Gasteiger charge is 2.29. The van der Waals surface area contributed by atoms with Gasteiger partial charge in [-0.25, -0.2) is 0 Å². The summed E-state index contributed by atoms with van der Waals surface area (Å²) in [4.78, 5) is 24.5. The lowest BCUT2D eigenvalue weighted by Gasteiger charge is -2.22. The molecule has 0 spiro atoms. The lowest BCUT2D eigenvalue weighted by atomic mass is 9.79. The summed E-state index contributed by atoms with van der Waals surface area (Å²) in [7, 11) is 0. The fraction of sp³-hybridized carbons (Fsp3) is 0.176. The molecule has 2 nitrogen and oxygen atoms in total. The third-order valence-corrected chi connectivity index (χ3v) is 3.64. The van der Waals surface area contributed by atoms with Crippen molar-refractivity contribution < 1.29 is 9.59 Å². The zero-order valence-electron chi connectivity index (χ0n) is 10.5. The fourth-order valence-electron chi connectivity index (χ4n) is 2.67. The van der Waals surface area contributed by atoms with Crippen LogP contribution in [0.2, 0.25) is 0 Å². The molecule has 0 heterocycles. The minimum atomic E-state index is -0.218. The minimum Gasteiger partial charge on any atom is -0.294 e. The second kappa shape index (κ2) is 4.81. The minimum absolute atomic E-state index is 0.0726. The molecule has 1 aliphatic rings. The Bertz CT molecular complexity index is 629. The normalized spacial score (nSPS) is 17.9. The number of Topliss-reactive ketones (excluding diaryl/α,β-unsaturated/α-hetero) is 2. The van der Waals surface area contributed by atoms with Crippen LogP contribution in [0, 0.1) is 5.92 Å². The fourth-order valence-corrected chi connectivity index (χ4v) is 2.67. The van der Waals surface area contributed by atoms with E-state index in [4.69, 9.17) is 0 Å². The van der Waals surface area contributed by atoms with Crippen molar-refractivity contribution in [2.45, 2.75) is 12.8 Å². The first kappa shape index (κ1) is 11.8. The van der Waals surface area contributed by atoms with Crippen molar-refractivity contribution in [2.24, 2.45) is 5.92 Å². The Balaban J connectivity index is 1.90. The number of benzene rings is 2. The van der Waals surface area contributed by atoms with Gasteiger partial charge in [0.1, 0.15) is 0 Å². The third kappa shape index (κ3) is 2.22. The molecular formula is C17H14O2. The number of hydrogen-bond donors (Lipinski definition) is 0. The highest BCUT2D eigenvalue weighted by atomic mass is 16.1. The Labute approximate surface area is 112 Å². The molecule has 0 aromatic heterocycles. The number of carbonyl (C=O) groups excluding carboxylic acids is 2. The van der Waals surface area contributed by atoms with E-state index in [0.717, 1.165) is 11.1 Å². The molecule has 94 valence electrons. The standard InChI is InChI=1S/C17H14O2/c18-16-11-14(10-13-8-4-5-9-15(13)16)17(19)12-6-2-1-3-7-12/h1-9,14H,10-11H2. The van der Waals surface area contributed by atoms with Crippen LogP contribution in [-0.4, -0.2) is 11.6 Å². The molecule has 0 saturated heterocycles. The van der Waals surface area contributed by atoms with Crippen LogP contribution in [0.5, 0.6) is 0 Å². The van der Waals surface area contributed by atoms with Crippen LogP contribution in [0.25, 0.3) is 0 Å². The topological polar surface area (TPSA) is 34.1 Å². The Morgan fingerprint density at radius 2 is 1.58 bits per heavy atom. The van der Waals surface area contributed by atoms with Crippen molar-refractivity contribution in [3.8, 4) is 0 Å². The molecule has 1 aliphatic carbocycles. The molecule has 3 rings (SSSR count). The van der Waals surface area contributed by atoms with Gasteiger partial charge in [0.2, 0.25) is 0 Å². The van der Waals surface area contributed by atoms with E-state index in [1.165, 1.54) is 0 Å². The van der Waals surface area contributed by atoms with E-state index in [1.807, 2.05) is 54.6 Å². The van der Waals surface area contributed by atoms with Gasteiger partial charge in [-0.05, 0) is 12.0 Å². The molecular weight excluding hydrogens is 236 g/mol. The van der Waals surface area contributed by atoms with Crippen LogP contribution in [0.4, 0.5) is 0 Å². The van der Waals surface area contributed by atoms with Gasteiger partial charge in [-0.3, -0.25) is 9.59 Å². The van der Waals surface area contributed by atoms with Crippen LogP contribution >= 0.6 is 0 Å². The third-order valence-electron chi connectivity index (χ3n) is 3.64. The van der Waals surface area contributed by atoms with Gasteiger partial charge in [0.15, 0.2) is 11.6 Å². The molecule has 2 aromatic rings. The quantitative estimate of drug-likeness (QED) is 0.766. The van der Waals surface area contributed by atoms with Crippen molar-refractivity contribution in [3.05, 3.63) is 71.3 Å². The monoisotopic (exact) mass is 250 g/mol. The number of ketones is 2. The Morgan fingerprint density at radius 1 is 0.895 bits per heavy atom. The molecule has 0 fully saturated rings. The van der Waals surface area contributed by atoms with Gasteiger partial charge in [0, 0.05) is 23.5 Å². The van der Waals surface area contributed by atoms with Crippen LogP contribution in [0.15, 0.2) is 54.6 Å². The number of hydrogen-bond acceptors (Lipinski definition) is 2. The molecule has 0 aliphatic heterocycles. The molecule has 19 heavy (non-hydrogen) atoms. The summed E-state index contributed by atoms with van der Waals surface area (Å²) in [5, 5.41) is 0. The van der Waals surface area contributed by atoms with Gasteiger partial charge >= 0.3 is 0 Å². The van der Waals surface area contributed by atoms with Crippen molar-refractivity contribution in [2.75, 3.05) is 0 Å². The van der Waals surface area contributed by atoms with Crippen molar-refractivity contribution in [1.29, 1.82) is 0 Å². The molecule has 0 bridgehead atoms. The van der Waals surface area contributed by atoms with Gasteiger partial charge in [-0.1, -0.05) is 54.6 Å². The lowest BCUT2D eigenvalue weighted by Crippen LogP contribution is -2.26. The Hall–Kier alpha value is -2.22. The number of carbonyl (C=O) groups is 2.